The van der Waals surface area contributed by atoms with Crippen molar-refractivity contribution in [2.24, 2.45) is 0 Å². The van der Waals surface area contributed by atoms with E-state index in [-0.39, 0.29) is 5.75 Å². The van der Waals surface area contributed by atoms with Crippen molar-refractivity contribution in [2.75, 3.05) is 13.7 Å². The van der Waals surface area contributed by atoms with Crippen LogP contribution in [0.3, 0.4) is 0 Å². The molecule has 0 aliphatic heterocycles. The molecule has 0 heterocycles. The number of amides is 3. The molecule has 114 valence electrons. The van der Waals surface area contributed by atoms with Gasteiger partial charge in [0.2, 0.25) is 0 Å². The highest BCUT2D eigenvalue weighted by molar-refractivity contribution is 5.97. The highest BCUT2D eigenvalue weighted by Gasteiger charge is 2.20. The number of nitrogens with one attached hydrogen (secondary N) is 2. The van der Waals surface area contributed by atoms with Crippen molar-refractivity contribution in [2.45, 2.75) is 13.0 Å². The standard InChI is InChI=1S/C13H15FN2O5/c1-8(12(18)16-13(19)15-2)21-11(17)7-20-10-6-4-3-5-9(10)14/h3-6,8H,7H2,1-2H3,(H2,15,16,18,19)/t8-/m1/s1. The number of rotatable bonds is 5. The third-order valence-electron chi connectivity index (χ3n) is 2.32. The minimum atomic E-state index is -1.18. The lowest BCUT2D eigenvalue weighted by Gasteiger charge is -2.13. The molecule has 7 nitrogen and oxygen atoms in total. The van der Waals surface area contributed by atoms with Crippen molar-refractivity contribution >= 4 is 17.9 Å². The van der Waals surface area contributed by atoms with E-state index >= 15 is 0 Å². The predicted octanol–water partition coefficient (Wildman–Crippen LogP) is 0.592. The van der Waals surface area contributed by atoms with Crippen LogP contribution in [0.15, 0.2) is 24.3 Å². The molecular formula is C13H15FN2O5. The third-order valence-corrected chi connectivity index (χ3v) is 2.32. The summed E-state index contributed by atoms with van der Waals surface area (Å²) in [5, 5.41) is 4.13. The van der Waals surface area contributed by atoms with E-state index in [1.165, 1.54) is 32.2 Å². The molecule has 3 amide bonds. The predicted molar refractivity (Wildman–Crippen MR) is 70.0 cm³/mol. The monoisotopic (exact) mass is 298 g/mol. The average molecular weight is 298 g/mol. The van der Waals surface area contributed by atoms with Gasteiger partial charge in [-0.3, -0.25) is 10.1 Å². The largest absolute Gasteiger partial charge is 0.479 e. The highest BCUT2D eigenvalue weighted by atomic mass is 19.1. The number of carbonyl (C=O) groups excluding carboxylic acids is 3. The van der Waals surface area contributed by atoms with Gasteiger partial charge in [0.05, 0.1) is 0 Å². The van der Waals surface area contributed by atoms with E-state index in [1.807, 2.05) is 5.32 Å². The Morgan fingerprint density at radius 3 is 2.57 bits per heavy atom. The van der Waals surface area contributed by atoms with Crippen molar-refractivity contribution in [3.05, 3.63) is 30.1 Å². The maximum absolute atomic E-state index is 13.2. The van der Waals surface area contributed by atoms with Gasteiger partial charge in [0.1, 0.15) is 0 Å². The molecule has 0 spiro atoms. The van der Waals surface area contributed by atoms with Crippen LogP contribution in [0.25, 0.3) is 0 Å². The molecule has 0 saturated carbocycles. The Balaban J connectivity index is 2.41. The molecule has 0 unspecified atom stereocenters. The third kappa shape index (κ3) is 5.47. The Labute approximate surface area is 120 Å². The fraction of sp³-hybridized carbons (Fsp3) is 0.308. The van der Waals surface area contributed by atoms with Crippen molar-refractivity contribution in [1.29, 1.82) is 0 Å². The zero-order valence-electron chi connectivity index (χ0n) is 11.5. The molecule has 0 fully saturated rings. The number of hydrogen-bond donors (Lipinski definition) is 2. The van der Waals surface area contributed by atoms with E-state index in [2.05, 4.69) is 5.32 Å². The summed E-state index contributed by atoms with van der Waals surface area (Å²) < 4.78 is 22.9. The molecule has 0 radical (unpaired) electrons. The minimum absolute atomic E-state index is 0.100. The summed E-state index contributed by atoms with van der Waals surface area (Å²) in [6.45, 7) is 0.734. The van der Waals surface area contributed by atoms with Gasteiger partial charge in [0, 0.05) is 7.05 Å². The summed E-state index contributed by atoms with van der Waals surface area (Å²) in [7, 11) is 1.33. The summed E-state index contributed by atoms with van der Waals surface area (Å²) in [6, 6.07) is 4.84. The van der Waals surface area contributed by atoms with Crippen LogP contribution in [0.1, 0.15) is 6.92 Å². The average Bonchev–Trinajstić information content (AvgIpc) is 2.46. The van der Waals surface area contributed by atoms with E-state index in [0.29, 0.717) is 0 Å². The van der Waals surface area contributed by atoms with Crippen LogP contribution < -0.4 is 15.4 Å². The van der Waals surface area contributed by atoms with Crippen molar-refractivity contribution in [3.63, 3.8) is 0 Å². The van der Waals surface area contributed by atoms with Crippen molar-refractivity contribution in [1.82, 2.24) is 10.6 Å². The second-order valence-electron chi connectivity index (χ2n) is 3.92. The second kappa shape index (κ2) is 7.83. The Hall–Kier alpha value is -2.64. The Kier molecular flexibility index (Phi) is 6.12. The second-order valence-corrected chi connectivity index (χ2v) is 3.92. The minimum Gasteiger partial charge on any atom is -0.479 e. The first kappa shape index (κ1) is 16.4. The quantitative estimate of drug-likeness (QED) is 0.776. The summed E-state index contributed by atoms with van der Waals surface area (Å²) in [5.41, 5.74) is 0. The van der Waals surface area contributed by atoms with Gasteiger partial charge in [-0.1, -0.05) is 12.1 Å². The molecule has 2 N–H and O–H groups in total. The van der Waals surface area contributed by atoms with Gasteiger partial charge in [-0.05, 0) is 19.1 Å². The number of halogens is 1. The van der Waals surface area contributed by atoms with Gasteiger partial charge in [-0.15, -0.1) is 0 Å². The molecule has 1 rings (SSSR count). The van der Waals surface area contributed by atoms with E-state index in [1.54, 1.807) is 6.07 Å². The van der Waals surface area contributed by atoms with E-state index in [4.69, 9.17) is 9.47 Å². The summed E-state index contributed by atoms with van der Waals surface area (Å²) in [6.07, 6.45) is -1.18. The first-order chi connectivity index (χ1) is 9.93. The lowest BCUT2D eigenvalue weighted by Crippen LogP contribution is -2.43. The molecule has 8 heteroatoms. The van der Waals surface area contributed by atoms with Gasteiger partial charge in [-0.2, -0.15) is 0 Å². The van der Waals surface area contributed by atoms with Crippen LogP contribution in [-0.2, 0) is 14.3 Å². The number of urea groups is 1. The summed E-state index contributed by atoms with van der Waals surface area (Å²) in [5.74, 6) is -2.36. The fourth-order valence-corrected chi connectivity index (χ4v) is 1.26. The van der Waals surface area contributed by atoms with Crippen LogP contribution in [0, 0.1) is 5.82 Å². The van der Waals surface area contributed by atoms with Gasteiger partial charge >= 0.3 is 12.0 Å². The molecule has 1 atom stereocenters. The zero-order chi connectivity index (χ0) is 15.8. The molecule has 1 aromatic carbocycles. The Morgan fingerprint density at radius 1 is 1.29 bits per heavy atom. The van der Waals surface area contributed by atoms with Gasteiger partial charge < -0.3 is 14.8 Å². The Morgan fingerprint density at radius 2 is 1.95 bits per heavy atom. The van der Waals surface area contributed by atoms with Crippen LogP contribution in [0.5, 0.6) is 5.75 Å². The van der Waals surface area contributed by atoms with E-state index in [0.717, 1.165) is 0 Å². The number of carbonyl (C=O) groups is 3. The maximum atomic E-state index is 13.2. The van der Waals surface area contributed by atoms with Crippen molar-refractivity contribution < 1.29 is 28.2 Å². The van der Waals surface area contributed by atoms with Gasteiger partial charge in [0.25, 0.3) is 5.91 Å². The SMILES string of the molecule is CNC(=O)NC(=O)[C@@H](C)OC(=O)COc1ccccc1F. The number of imide groups is 1. The molecule has 0 saturated heterocycles. The molecule has 0 aromatic heterocycles. The first-order valence-corrected chi connectivity index (χ1v) is 6.03. The van der Waals surface area contributed by atoms with Crippen LogP contribution in [0.2, 0.25) is 0 Å². The van der Waals surface area contributed by atoms with Crippen LogP contribution in [0.4, 0.5) is 9.18 Å². The first-order valence-electron chi connectivity index (χ1n) is 6.03. The normalized spacial score (nSPS) is 11.2. The molecule has 21 heavy (non-hydrogen) atoms. The Bertz CT molecular complexity index is 535. The van der Waals surface area contributed by atoms with Crippen LogP contribution in [-0.4, -0.2) is 37.7 Å². The smallest absolute Gasteiger partial charge is 0.344 e. The summed E-state index contributed by atoms with van der Waals surface area (Å²) in [4.78, 5) is 33.8. The number of ether oxygens (including phenoxy) is 2. The topological polar surface area (TPSA) is 93.7 Å². The number of para-hydroxylation sites is 1. The lowest BCUT2D eigenvalue weighted by atomic mass is 10.3. The molecule has 0 aliphatic carbocycles. The number of benzene rings is 1. The lowest BCUT2D eigenvalue weighted by molar-refractivity contribution is -0.156. The molecule has 0 aliphatic rings. The fourth-order valence-electron chi connectivity index (χ4n) is 1.26. The highest BCUT2D eigenvalue weighted by Crippen LogP contribution is 2.15. The zero-order valence-corrected chi connectivity index (χ0v) is 11.5. The maximum Gasteiger partial charge on any atom is 0.344 e. The molecule has 1 aromatic rings. The number of hydrogen-bond acceptors (Lipinski definition) is 5. The summed E-state index contributed by atoms with van der Waals surface area (Å²) >= 11 is 0. The van der Waals surface area contributed by atoms with E-state index < -0.39 is 36.4 Å². The van der Waals surface area contributed by atoms with Crippen molar-refractivity contribution in [3.8, 4) is 5.75 Å². The van der Waals surface area contributed by atoms with Crippen LogP contribution >= 0.6 is 0 Å². The number of esters is 1. The van der Waals surface area contributed by atoms with Gasteiger partial charge in [0.15, 0.2) is 24.3 Å². The molecular weight excluding hydrogens is 283 g/mol. The van der Waals surface area contributed by atoms with E-state index in [9.17, 15) is 18.8 Å². The van der Waals surface area contributed by atoms with Gasteiger partial charge in [-0.25, -0.2) is 14.0 Å². The molecule has 0 bridgehead atoms.